The largest absolute Gasteiger partial charge is 0.490 e. The molecule has 0 aliphatic carbocycles. The Hall–Kier alpha value is -2.06. The normalized spacial score (nSPS) is 11.0. The summed E-state index contributed by atoms with van der Waals surface area (Å²) in [5, 5.41) is 2.82. The molecule has 6 nitrogen and oxygen atoms in total. The molecular weight excluding hydrogens is 346 g/mol. The molecule has 0 radical (unpaired) electrons. The van der Waals surface area contributed by atoms with Crippen molar-refractivity contribution in [3.05, 3.63) is 28.7 Å². The first kappa shape index (κ1) is 16.8. The van der Waals surface area contributed by atoms with Crippen LogP contribution in [0.4, 0.5) is 0 Å². The van der Waals surface area contributed by atoms with Crippen LogP contribution in [0.15, 0.2) is 28.9 Å². The van der Waals surface area contributed by atoms with Crippen molar-refractivity contribution in [2.75, 3.05) is 19.5 Å². The van der Waals surface area contributed by atoms with Gasteiger partial charge in [0.1, 0.15) is 0 Å². The van der Waals surface area contributed by atoms with E-state index < -0.39 is 0 Å². The fourth-order valence-electron chi connectivity index (χ4n) is 2.36. The van der Waals surface area contributed by atoms with Gasteiger partial charge in [-0.25, -0.2) is 9.97 Å². The number of nitrogens with zero attached hydrogens (tertiary/aromatic N) is 3. The van der Waals surface area contributed by atoms with Gasteiger partial charge in [-0.1, -0.05) is 11.8 Å². The SMILES string of the molecule is CCOc1cc2nc(SC)n(C(=O)c3nccs3)c2cc1OCC. The second kappa shape index (κ2) is 7.23. The highest BCUT2D eigenvalue weighted by atomic mass is 32.2. The average Bonchev–Trinajstić information content (AvgIpc) is 3.22. The lowest BCUT2D eigenvalue weighted by Crippen LogP contribution is -2.12. The van der Waals surface area contributed by atoms with Gasteiger partial charge < -0.3 is 9.47 Å². The van der Waals surface area contributed by atoms with Gasteiger partial charge in [0.25, 0.3) is 5.91 Å². The molecule has 2 heterocycles. The summed E-state index contributed by atoms with van der Waals surface area (Å²) in [6.07, 6.45) is 3.51. The molecule has 0 aliphatic rings. The van der Waals surface area contributed by atoms with Gasteiger partial charge in [0.05, 0.1) is 24.2 Å². The Kier molecular flexibility index (Phi) is 5.06. The molecule has 0 saturated carbocycles. The number of hydrogen-bond donors (Lipinski definition) is 0. The molecule has 0 amide bonds. The number of ether oxygens (including phenoxy) is 2. The minimum Gasteiger partial charge on any atom is -0.490 e. The van der Waals surface area contributed by atoms with Crippen LogP contribution in [0, 0.1) is 0 Å². The van der Waals surface area contributed by atoms with Crippen molar-refractivity contribution in [1.82, 2.24) is 14.5 Å². The smallest absolute Gasteiger partial charge is 0.293 e. The Morgan fingerprint density at radius 1 is 1.25 bits per heavy atom. The van der Waals surface area contributed by atoms with Crippen molar-refractivity contribution < 1.29 is 14.3 Å². The van der Waals surface area contributed by atoms with Crippen molar-refractivity contribution in [3.8, 4) is 11.5 Å². The maximum Gasteiger partial charge on any atom is 0.293 e. The first-order valence-corrected chi connectivity index (χ1v) is 9.60. The van der Waals surface area contributed by atoms with E-state index in [-0.39, 0.29) is 5.91 Å². The van der Waals surface area contributed by atoms with Crippen LogP contribution in [0.5, 0.6) is 11.5 Å². The summed E-state index contributed by atoms with van der Waals surface area (Å²) in [6.45, 7) is 4.86. The lowest BCUT2D eigenvalue weighted by molar-refractivity contribution is 0.0954. The van der Waals surface area contributed by atoms with Gasteiger partial charge in [-0.05, 0) is 20.1 Å². The summed E-state index contributed by atoms with van der Waals surface area (Å²) >= 11 is 2.72. The zero-order valence-electron chi connectivity index (χ0n) is 13.6. The molecule has 0 aliphatic heterocycles. The van der Waals surface area contributed by atoms with Crippen molar-refractivity contribution >= 4 is 40.0 Å². The molecule has 1 aromatic carbocycles. The van der Waals surface area contributed by atoms with E-state index >= 15 is 0 Å². The lowest BCUT2D eigenvalue weighted by Gasteiger charge is -2.11. The molecule has 0 atom stereocenters. The number of aromatic nitrogens is 3. The van der Waals surface area contributed by atoms with E-state index in [1.54, 1.807) is 16.1 Å². The highest BCUT2D eigenvalue weighted by molar-refractivity contribution is 7.98. The third-order valence-electron chi connectivity index (χ3n) is 3.29. The van der Waals surface area contributed by atoms with Crippen molar-refractivity contribution in [1.29, 1.82) is 0 Å². The van der Waals surface area contributed by atoms with Crippen LogP contribution in [0.25, 0.3) is 11.0 Å². The molecule has 0 N–H and O–H groups in total. The molecule has 8 heteroatoms. The molecule has 0 spiro atoms. The van der Waals surface area contributed by atoms with E-state index in [1.807, 2.05) is 32.2 Å². The summed E-state index contributed by atoms with van der Waals surface area (Å²) in [5.74, 6) is 1.04. The second-order valence-corrected chi connectivity index (χ2v) is 6.40. The number of thiazole rings is 1. The summed E-state index contributed by atoms with van der Waals surface area (Å²) < 4.78 is 12.9. The molecule has 126 valence electrons. The van der Waals surface area contributed by atoms with Crippen LogP contribution >= 0.6 is 23.1 Å². The van der Waals surface area contributed by atoms with Crippen molar-refractivity contribution in [3.63, 3.8) is 0 Å². The topological polar surface area (TPSA) is 66.2 Å². The van der Waals surface area contributed by atoms with Gasteiger partial charge in [-0.2, -0.15) is 0 Å². The van der Waals surface area contributed by atoms with Crippen molar-refractivity contribution in [2.24, 2.45) is 0 Å². The average molecular weight is 363 g/mol. The number of carbonyl (C=O) groups excluding carboxylic acids is 1. The molecule has 3 aromatic rings. The van der Waals surface area contributed by atoms with Crippen LogP contribution in [0.1, 0.15) is 23.6 Å². The summed E-state index contributed by atoms with van der Waals surface area (Å²) in [5.41, 5.74) is 1.38. The molecule has 24 heavy (non-hydrogen) atoms. The molecule has 0 unspecified atom stereocenters. The number of carbonyl (C=O) groups is 1. The number of fused-ring (bicyclic) bond motifs is 1. The minimum atomic E-state index is -0.191. The molecule has 0 fully saturated rings. The molecular formula is C16H17N3O3S2. The summed E-state index contributed by atoms with van der Waals surface area (Å²) in [4.78, 5) is 21.5. The molecule has 0 bridgehead atoms. The maximum atomic E-state index is 12.8. The Morgan fingerprint density at radius 3 is 2.54 bits per heavy atom. The fourth-order valence-corrected chi connectivity index (χ4v) is 3.48. The number of imidazole rings is 1. The van der Waals surface area contributed by atoms with Gasteiger partial charge >= 0.3 is 0 Å². The monoisotopic (exact) mass is 363 g/mol. The number of rotatable bonds is 6. The van der Waals surface area contributed by atoms with Gasteiger partial charge in [0.2, 0.25) is 0 Å². The van der Waals surface area contributed by atoms with E-state index in [2.05, 4.69) is 9.97 Å². The fraction of sp³-hybridized carbons (Fsp3) is 0.312. The van der Waals surface area contributed by atoms with E-state index in [0.29, 0.717) is 45.9 Å². The standard InChI is InChI=1S/C16H17N3O3S2/c1-4-21-12-8-10-11(9-13(12)22-5-2)19(16(18-10)23-3)15(20)14-17-6-7-24-14/h6-9H,4-5H2,1-3H3. The number of benzene rings is 1. The van der Waals surface area contributed by atoms with E-state index in [0.717, 1.165) is 0 Å². The number of hydrogen-bond acceptors (Lipinski definition) is 7. The molecule has 2 aromatic heterocycles. The first-order chi connectivity index (χ1) is 11.7. The van der Waals surface area contributed by atoms with Gasteiger partial charge in [-0.15, -0.1) is 11.3 Å². The zero-order valence-corrected chi connectivity index (χ0v) is 15.2. The quantitative estimate of drug-likeness (QED) is 0.622. The summed E-state index contributed by atoms with van der Waals surface area (Å²) in [6, 6.07) is 3.62. The summed E-state index contributed by atoms with van der Waals surface area (Å²) in [7, 11) is 0. The highest BCUT2D eigenvalue weighted by Gasteiger charge is 2.22. The van der Waals surface area contributed by atoms with Crippen LogP contribution < -0.4 is 9.47 Å². The highest BCUT2D eigenvalue weighted by Crippen LogP contribution is 2.35. The van der Waals surface area contributed by atoms with E-state index in [1.165, 1.54) is 23.1 Å². The predicted molar refractivity (Wildman–Crippen MR) is 95.7 cm³/mol. The van der Waals surface area contributed by atoms with E-state index in [4.69, 9.17) is 9.47 Å². The van der Waals surface area contributed by atoms with Crippen molar-refractivity contribution in [2.45, 2.75) is 19.0 Å². The van der Waals surface area contributed by atoms with Crippen LogP contribution in [0.3, 0.4) is 0 Å². The Balaban J connectivity index is 2.20. The third kappa shape index (κ3) is 2.99. The Labute approximate surface area is 147 Å². The van der Waals surface area contributed by atoms with E-state index in [9.17, 15) is 4.79 Å². The van der Waals surface area contributed by atoms with Crippen LogP contribution in [0.2, 0.25) is 0 Å². The maximum absolute atomic E-state index is 12.8. The Morgan fingerprint density at radius 2 is 1.96 bits per heavy atom. The predicted octanol–water partition coefficient (Wildman–Crippen LogP) is 3.70. The van der Waals surface area contributed by atoms with Crippen LogP contribution in [-0.4, -0.2) is 39.9 Å². The first-order valence-electron chi connectivity index (χ1n) is 7.49. The Bertz CT molecular complexity index is 859. The lowest BCUT2D eigenvalue weighted by atomic mass is 10.2. The van der Waals surface area contributed by atoms with Gasteiger partial charge in [0.15, 0.2) is 21.7 Å². The minimum absolute atomic E-state index is 0.191. The van der Waals surface area contributed by atoms with Crippen LogP contribution in [-0.2, 0) is 0 Å². The number of thioether (sulfide) groups is 1. The molecule has 0 saturated heterocycles. The third-order valence-corrected chi connectivity index (χ3v) is 4.69. The van der Waals surface area contributed by atoms with Gasteiger partial charge in [-0.3, -0.25) is 9.36 Å². The zero-order chi connectivity index (χ0) is 17.1. The molecule has 3 rings (SSSR count). The second-order valence-electron chi connectivity index (χ2n) is 4.73. The van der Waals surface area contributed by atoms with Gasteiger partial charge in [0, 0.05) is 23.7 Å².